The molecule has 3 heterocycles. The predicted octanol–water partition coefficient (Wildman–Crippen LogP) is 1.53. The third-order valence-corrected chi connectivity index (χ3v) is 5.77. The van der Waals surface area contributed by atoms with Gasteiger partial charge in [-0.15, -0.1) is 23.7 Å². The number of aliphatic hydroxyl groups is 1. The summed E-state index contributed by atoms with van der Waals surface area (Å²) in [5, 5.41) is 15.1. The molecule has 2 fully saturated rings. The SMILES string of the molecule is Cl.O=C(Cc1cccs1)N1CC(CO)C2(CCNCC2)C1. The second kappa shape index (κ2) is 7.09. The number of nitrogens with one attached hydrogen (secondary N) is 1. The van der Waals surface area contributed by atoms with E-state index in [-0.39, 0.29) is 36.3 Å². The van der Waals surface area contributed by atoms with Crippen LogP contribution in [0.25, 0.3) is 0 Å². The molecule has 1 unspecified atom stereocenters. The van der Waals surface area contributed by atoms with E-state index in [4.69, 9.17) is 0 Å². The Kier molecular flexibility index (Phi) is 5.66. The van der Waals surface area contributed by atoms with E-state index in [1.54, 1.807) is 11.3 Å². The molecule has 4 nitrogen and oxygen atoms in total. The zero-order valence-corrected chi connectivity index (χ0v) is 13.7. The van der Waals surface area contributed by atoms with Crippen LogP contribution in [-0.2, 0) is 11.2 Å². The highest BCUT2D eigenvalue weighted by molar-refractivity contribution is 7.10. The van der Waals surface area contributed by atoms with Crippen LogP contribution in [0.2, 0.25) is 0 Å². The minimum absolute atomic E-state index is 0. The normalized spacial score (nSPS) is 24.0. The van der Waals surface area contributed by atoms with Gasteiger partial charge in [0.1, 0.15) is 0 Å². The van der Waals surface area contributed by atoms with Gasteiger partial charge >= 0.3 is 0 Å². The first-order valence-corrected chi connectivity index (χ1v) is 8.23. The van der Waals surface area contributed by atoms with Crippen LogP contribution < -0.4 is 5.32 Å². The zero-order valence-electron chi connectivity index (χ0n) is 12.1. The van der Waals surface area contributed by atoms with Crippen LogP contribution in [0, 0.1) is 11.3 Å². The minimum atomic E-state index is 0. The number of nitrogens with zero attached hydrogens (tertiary/aromatic N) is 1. The lowest BCUT2D eigenvalue weighted by Gasteiger charge is -2.37. The molecule has 0 aromatic carbocycles. The number of hydrogen-bond donors (Lipinski definition) is 2. The third-order valence-electron chi connectivity index (χ3n) is 4.89. The molecule has 0 saturated carbocycles. The monoisotopic (exact) mass is 330 g/mol. The van der Waals surface area contributed by atoms with Crippen molar-refractivity contribution in [2.24, 2.45) is 11.3 Å². The van der Waals surface area contributed by atoms with Crippen molar-refractivity contribution in [2.45, 2.75) is 19.3 Å². The van der Waals surface area contributed by atoms with Gasteiger partial charge in [0.05, 0.1) is 6.42 Å². The number of halogens is 1. The summed E-state index contributed by atoms with van der Waals surface area (Å²) in [4.78, 5) is 15.5. The molecule has 1 aromatic heterocycles. The Morgan fingerprint density at radius 2 is 2.24 bits per heavy atom. The number of amides is 1. The van der Waals surface area contributed by atoms with Crippen LogP contribution in [0.1, 0.15) is 17.7 Å². The average Bonchev–Trinajstić information content (AvgIpc) is 3.08. The fourth-order valence-corrected chi connectivity index (χ4v) is 4.34. The van der Waals surface area contributed by atoms with E-state index >= 15 is 0 Å². The quantitative estimate of drug-likeness (QED) is 0.884. The van der Waals surface area contributed by atoms with E-state index in [2.05, 4.69) is 5.32 Å². The second-order valence-corrected chi connectivity index (χ2v) is 7.05. The molecule has 1 spiro atoms. The minimum Gasteiger partial charge on any atom is -0.396 e. The summed E-state index contributed by atoms with van der Waals surface area (Å²) in [5.41, 5.74) is 0.144. The van der Waals surface area contributed by atoms with Crippen LogP contribution in [0.3, 0.4) is 0 Å². The fraction of sp³-hybridized carbons (Fsp3) is 0.667. The van der Waals surface area contributed by atoms with E-state index < -0.39 is 0 Å². The van der Waals surface area contributed by atoms with E-state index in [0.717, 1.165) is 43.9 Å². The van der Waals surface area contributed by atoms with Crippen molar-refractivity contribution in [1.82, 2.24) is 10.2 Å². The molecule has 3 rings (SSSR count). The van der Waals surface area contributed by atoms with Gasteiger partial charge in [-0.2, -0.15) is 0 Å². The van der Waals surface area contributed by atoms with Crippen LogP contribution in [0.15, 0.2) is 17.5 Å². The number of thiophene rings is 1. The first kappa shape index (κ1) is 16.7. The third kappa shape index (κ3) is 3.42. The Morgan fingerprint density at radius 3 is 2.86 bits per heavy atom. The predicted molar refractivity (Wildman–Crippen MR) is 87.0 cm³/mol. The van der Waals surface area contributed by atoms with Crippen molar-refractivity contribution in [3.8, 4) is 0 Å². The molecule has 21 heavy (non-hydrogen) atoms. The molecular weight excluding hydrogens is 308 g/mol. The molecule has 2 saturated heterocycles. The van der Waals surface area contributed by atoms with Crippen molar-refractivity contribution < 1.29 is 9.90 Å². The van der Waals surface area contributed by atoms with E-state index in [1.165, 1.54) is 0 Å². The topological polar surface area (TPSA) is 52.6 Å². The molecule has 2 aliphatic rings. The van der Waals surface area contributed by atoms with Gasteiger partial charge in [0.25, 0.3) is 0 Å². The van der Waals surface area contributed by atoms with Gasteiger partial charge in [0, 0.05) is 30.5 Å². The Hall–Kier alpha value is -0.620. The number of rotatable bonds is 3. The number of aliphatic hydroxyl groups excluding tert-OH is 1. The molecule has 118 valence electrons. The average molecular weight is 331 g/mol. The molecule has 2 N–H and O–H groups in total. The highest BCUT2D eigenvalue weighted by Crippen LogP contribution is 2.43. The summed E-state index contributed by atoms with van der Waals surface area (Å²) < 4.78 is 0. The lowest BCUT2D eigenvalue weighted by Crippen LogP contribution is -2.43. The lowest BCUT2D eigenvalue weighted by molar-refractivity contribution is -0.129. The van der Waals surface area contributed by atoms with E-state index in [0.29, 0.717) is 6.42 Å². The van der Waals surface area contributed by atoms with Crippen molar-refractivity contribution in [3.63, 3.8) is 0 Å². The van der Waals surface area contributed by atoms with Crippen LogP contribution in [0.5, 0.6) is 0 Å². The number of likely N-dealkylation sites (tertiary alicyclic amines) is 1. The van der Waals surface area contributed by atoms with Crippen molar-refractivity contribution in [1.29, 1.82) is 0 Å². The molecule has 0 bridgehead atoms. The summed E-state index contributed by atoms with van der Waals surface area (Å²) in [6.07, 6.45) is 2.65. The van der Waals surface area contributed by atoms with Gasteiger partial charge in [-0.25, -0.2) is 0 Å². The summed E-state index contributed by atoms with van der Waals surface area (Å²) >= 11 is 1.64. The first-order valence-electron chi connectivity index (χ1n) is 7.35. The van der Waals surface area contributed by atoms with Crippen LogP contribution in [0.4, 0.5) is 0 Å². The van der Waals surface area contributed by atoms with Crippen molar-refractivity contribution >= 4 is 29.7 Å². The highest BCUT2D eigenvalue weighted by Gasteiger charge is 2.47. The summed E-state index contributed by atoms with van der Waals surface area (Å²) in [7, 11) is 0. The van der Waals surface area contributed by atoms with Gasteiger partial charge in [-0.3, -0.25) is 4.79 Å². The smallest absolute Gasteiger partial charge is 0.227 e. The number of piperidine rings is 1. The second-order valence-electron chi connectivity index (χ2n) is 6.02. The molecule has 6 heteroatoms. The van der Waals surface area contributed by atoms with Gasteiger partial charge < -0.3 is 15.3 Å². The number of carbonyl (C=O) groups excluding carboxylic acids is 1. The van der Waals surface area contributed by atoms with E-state index in [9.17, 15) is 9.90 Å². The van der Waals surface area contributed by atoms with Gasteiger partial charge in [-0.1, -0.05) is 6.07 Å². The van der Waals surface area contributed by atoms with Gasteiger partial charge in [-0.05, 0) is 42.8 Å². The van der Waals surface area contributed by atoms with E-state index in [1.807, 2.05) is 22.4 Å². The molecule has 1 amide bonds. The van der Waals surface area contributed by atoms with Crippen molar-refractivity contribution in [3.05, 3.63) is 22.4 Å². The first-order chi connectivity index (χ1) is 9.73. The molecule has 1 atom stereocenters. The van der Waals surface area contributed by atoms with Gasteiger partial charge in [0.15, 0.2) is 0 Å². The molecule has 1 aromatic rings. The summed E-state index contributed by atoms with van der Waals surface area (Å²) in [5.74, 6) is 0.457. The van der Waals surface area contributed by atoms with Crippen molar-refractivity contribution in [2.75, 3.05) is 32.8 Å². The maximum absolute atomic E-state index is 12.4. The largest absolute Gasteiger partial charge is 0.396 e. The fourth-order valence-electron chi connectivity index (χ4n) is 3.64. The Balaban J connectivity index is 0.00000161. The maximum atomic E-state index is 12.4. The van der Waals surface area contributed by atoms with Crippen LogP contribution in [-0.4, -0.2) is 48.7 Å². The highest BCUT2D eigenvalue weighted by atomic mass is 35.5. The summed E-state index contributed by atoms with van der Waals surface area (Å²) in [6.45, 7) is 3.75. The molecular formula is C15H23ClN2O2S. The Labute approximate surface area is 135 Å². The Morgan fingerprint density at radius 1 is 1.48 bits per heavy atom. The number of hydrogen-bond acceptors (Lipinski definition) is 4. The number of carbonyl (C=O) groups is 1. The van der Waals surface area contributed by atoms with Crippen LogP contribution >= 0.6 is 23.7 Å². The summed E-state index contributed by atoms with van der Waals surface area (Å²) in [6, 6.07) is 4.00. The van der Waals surface area contributed by atoms with Gasteiger partial charge in [0.2, 0.25) is 5.91 Å². The zero-order chi connectivity index (χ0) is 14.0. The lowest BCUT2D eigenvalue weighted by atomic mass is 9.71. The molecule has 0 radical (unpaired) electrons. The standard InChI is InChI=1S/C15H22N2O2S.ClH/c18-10-12-9-17(11-15(12)3-5-16-6-4-15)14(19)8-13-2-1-7-20-13;/h1-2,7,12,16,18H,3-6,8-11H2;1H. The molecule has 0 aliphatic carbocycles. The molecule has 2 aliphatic heterocycles. The maximum Gasteiger partial charge on any atom is 0.227 e. The Bertz CT molecular complexity index is 460.